The van der Waals surface area contributed by atoms with Crippen molar-refractivity contribution in [3.05, 3.63) is 12.2 Å². The Balaban J connectivity index is 2.44. The van der Waals surface area contributed by atoms with E-state index in [2.05, 4.69) is 0 Å². The van der Waals surface area contributed by atoms with Gasteiger partial charge in [0.05, 0.1) is 12.2 Å². The van der Waals surface area contributed by atoms with Crippen molar-refractivity contribution in [3.63, 3.8) is 0 Å². The van der Waals surface area contributed by atoms with E-state index in [-0.39, 0.29) is 12.1 Å². The lowest BCUT2D eigenvalue weighted by Crippen LogP contribution is -2.14. The second-order valence-corrected chi connectivity index (χ2v) is 4.87. The van der Waals surface area contributed by atoms with Gasteiger partial charge in [0.25, 0.3) is 0 Å². The summed E-state index contributed by atoms with van der Waals surface area (Å²) < 4.78 is 5.21. The first kappa shape index (κ1) is 14.2. The molecule has 1 N–H and O–H groups in total. The van der Waals surface area contributed by atoms with Crippen LogP contribution < -0.4 is 0 Å². The Morgan fingerprint density at radius 1 is 1.12 bits per heavy atom. The van der Waals surface area contributed by atoms with Gasteiger partial charge < -0.3 is 9.84 Å². The highest BCUT2D eigenvalue weighted by molar-refractivity contribution is 5.82. The standard InChI is InChI=1S/C14H24O3/c1-12-8-6-4-2-3-5-7-9-13(15)10-11-14(16)17-12/h10-13,15H,2-9H2,1H3/b11-10+/t12?,13-/m0/s1. The molecule has 3 nitrogen and oxygen atoms in total. The van der Waals surface area contributed by atoms with Crippen molar-refractivity contribution in [2.45, 2.75) is 70.5 Å². The van der Waals surface area contributed by atoms with Gasteiger partial charge in [-0.1, -0.05) is 32.1 Å². The van der Waals surface area contributed by atoms with Crippen LogP contribution >= 0.6 is 0 Å². The van der Waals surface area contributed by atoms with Gasteiger partial charge in [-0.15, -0.1) is 0 Å². The Morgan fingerprint density at radius 3 is 2.41 bits per heavy atom. The highest BCUT2D eigenvalue weighted by Crippen LogP contribution is 2.13. The van der Waals surface area contributed by atoms with E-state index in [1.54, 1.807) is 6.08 Å². The summed E-state index contributed by atoms with van der Waals surface area (Å²) in [6.45, 7) is 1.92. The normalized spacial score (nSPS) is 31.3. The Hall–Kier alpha value is -0.830. The lowest BCUT2D eigenvalue weighted by atomic mass is 10.0. The van der Waals surface area contributed by atoms with E-state index >= 15 is 0 Å². The number of ether oxygens (including phenoxy) is 1. The maximum Gasteiger partial charge on any atom is 0.330 e. The van der Waals surface area contributed by atoms with E-state index in [0.717, 1.165) is 25.7 Å². The van der Waals surface area contributed by atoms with Crippen molar-refractivity contribution in [2.75, 3.05) is 0 Å². The second kappa shape index (κ2) is 8.29. The molecule has 1 heterocycles. The number of aliphatic hydroxyl groups is 1. The van der Waals surface area contributed by atoms with Crippen molar-refractivity contribution < 1.29 is 14.6 Å². The summed E-state index contributed by atoms with van der Waals surface area (Å²) in [6.07, 6.45) is 11.0. The summed E-state index contributed by atoms with van der Waals surface area (Å²) in [5.74, 6) is -0.339. The summed E-state index contributed by atoms with van der Waals surface area (Å²) in [5, 5.41) is 9.61. The third-order valence-corrected chi connectivity index (χ3v) is 3.13. The Bertz CT molecular complexity index is 248. The molecule has 0 radical (unpaired) electrons. The molecule has 0 aliphatic carbocycles. The van der Waals surface area contributed by atoms with Gasteiger partial charge >= 0.3 is 5.97 Å². The van der Waals surface area contributed by atoms with E-state index in [4.69, 9.17) is 4.74 Å². The maximum atomic E-state index is 11.4. The van der Waals surface area contributed by atoms with Crippen LogP contribution in [0.3, 0.4) is 0 Å². The molecule has 98 valence electrons. The number of hydrogen-bond donors (Lipinski definition) is 1. The molecular weight excluding hydrogens is 216 g/mol. The predicted octanol–water partition coefficient (Wildman–Crippen LogP) is 2.97. The van der Waals surface area contributed by atoms with Crippen LogP contribution in [0.15, 0.2) is 12.2 Å². The monoisotopic (exact) mass is 240 g/mol. The van der Waals surface area contributed by atoms with E-state index in [1.807, 2.05) is 6.92 Å². The third kappa shape index (κ3) is 7.16. The Kier molecular flexibility index (Phi) is 6.94. The van der Waals surface area contributed by atoms with Crippen molar-refractivity contribution >= 4 is 5.97 Å². The molecule has 3 heteroatoms. The smallest absolute Gasteiger partial charge is 0.330 e. The molecule has 1 unspecified atom stereocenters. The highest BCUT2D eigenvalue weighted by atomic mass is 16.5. The molecular formula is C14H24O3. The van der Waals surface area contributed by atoms with E-state index in [1.165, 1.54) is 31.8 Å². The molecule has 0 spiro atoms. The van der Waals surface area contributed by atoms with Crippen LogP contribution in [0.5, 0.6) is 0 Å². The first-order valence-corrected chi connectivity index (χ1v) is 6.75. The average Bonchev–Trinajstić information content (AvgIpc) is 2.29. The van der Waals surface area contributed by atoms with Crippen LogP contribution in [-0.2, 0) is 9.53 Å². The number of rotatable bonds is 0. The van der Waals surface area contributed by atoms with Crippen LogP contribution in [-0.4, -0.2) is 23.3 Å². The minimum Gasteiger partial charge on any atom is -0.460 e. The molecule has 1 rings (SSSR count). The Labute approximate surface area is 104 Å². The number of aliphatic hydroxyl groups excluding tert-OH is 1. The lowest BCUT2D eigenvalue weighted by Gasteiger charge is -2.12. The van der Waals surface area contributed by atoms with Crippen molar-refractivity contribution in [2.24, 2.45) is 0 Å². The Morgan fingerprint density at radius 2 is 1.71 bits per heavy atom. The minimum atomic E-state index is -0.513. The molecule has 0 amide bonds. The molecule has 0 bridgehead atoms. The van der Waals surface area contributed by atoms with Gasteiger partial charge in [0.2, 0.25) is 0 Å². The second-order valence-electron chi connectivity index (χ2n) is 4.87. The molecule has 0 aromatic carbocycles. The molecule has 0 aromatic rings. The van der Waals surface area contributed by atoms with Gasteiger partial charge in [0, 0.05) is 6.08 Å². The fourth-order valence-corrected chi connectivity index (χ4v) is 2.07. The first-order chi connectivity index (χ1) is 8.18. The van der Waals surface area contributed by atoms with Gasteiger partial charge in [-0.05, 0) is 32.3 Å². The fourth-order valence-electron chi connectivity index (χ4n) is 2.07. The van der Waals surface area contributed by atoms with Gasteiger partial charge in [0.15, 0.2) is 0 Å². The summed E-state index contributed by atoms with van der Waals surface area (Å²) in [6, 6.07) is 0. The summed E-state index contributed by atoms with van der Waals surface area (Å²) in [4.78, 5) is 11.4. The first-order valence-electron chi connectivity index (χ1n) is 6.75. The SMILES string of the molecule is CC1CCCCCCCC[C@H](O)/C=C/C(=O)O1. The third-order valence-electron chi connectivity index (χ3n) is 3.13. The zero-order valence-corrected chi connectivity index (χ0v) is 10.7. The van der Waals surface area contributed by atoms with Crippen LogP contribution in [0.25, 0.3) is 0 Å². The highest BCUT2D eigenvalue weighted by Gasteiger charge is 2.08. The number of carbonyl (C=O) groups excluding carboxylic acids is 1. The molecule has 17 heavy (non-hydrogen) atoms. The molecule has 1 aliphatic heterocycles. The molecule has 2 atom stereocenters. The maximum absolute atomic E-state index is 11.4. The zero-order chi connectivity index (χ0) is 12.5. The van der Waals surface area contributed by atoms with Gasteiger partial charge in [0.1, 0.15) is 0 Å². The average molecular weight is 240 g/mol. The molecule has 0 aromatic heterocycles. The van der Waals surface area contributed by atoms with Crippen molar-refractivity contribution in [1.82, 2.24) is 0 Å². The predicted molar refractivity (Wildman–Crippen MR) is 67.6 cm³/mol. The molecule has 0 fully saturated rings. The van der Waals surface area contributed by atoms with Crippen LogP contribution in [0.1, 0.15) is 58.3 Å². The summed E-state index contributed by atoms with van der Waals surface area (Å²) in [7, 11) is 0. The lowest BCUT2D eigenvalue weighted by molar-refractivity contribution is -0.142. The summed E-state index contributed by atoms with van der Waals surface area (Å²) >= 11 is 0. The van der Waals surface area contributed by atoms with E-state index in [9.17, 15) is 9.90 Å². The molecule has 0 saturated heterocycles. The largest absolute Gasteiger partial charge is 0.460 e. The van der Waals surface area contributed by atoms with Crippen LogP contribution in [0.4, 0.5) is 0 Å². The van der Waals surface area contributed by atoms with Crippen LogP contribution in [0.2, 0.25) is 0 Å². The van der Waals surface area contributed by atoms with E-state index < -0.39 is 6.10 Å². The summed E-state index contributed by atoms with van der Waals surface area (Å²) in [5.41, 5.74) is 0. The molecule has 1 aliphatic rings. The zero-order valence-electron chi connectivity index (χ0n) is 10.7. The van der Waals surface area contributed by atoms with Gasteiger partial charge in [-0.3, -0.25) is 0 Å². The van der Waals surface area contributed by atoms with Crippen LogP contribution in [0, 0.1) is 0 Å². The minimum absolute atomic E-state index is 0.0211. The quantitative estimate of drug-likeness (QED) is 0.662. The number of esters is 1. The number of carbonyl (C=O) groups is 1. The van der Waals surface area contributed by atoms with E-state index in [0.29, 0.717) is 0 Å². The number of hydrogen-bond acceptors (Lipinski definition) is 3. The van der Waals surface area contributed by atoms with Crippen molar-refractivity contribution in [3.8, 4) is 0 Å². The molecule has 0 saturated carbocycles. The van der Waals surface area contributed by atoms with Gasteiger partial charge in [-0.2, -0.15) is 0 Å². The number of cyclic esters (lactones) is 1. The van der Waals surface area contributed by atoms with Gasteiger partial charge in [-0.25, -0.2) is 4.79 Å². The van der Waals surface area contributed by atoms with Crippen molar-refractivity contribution in [1.29, 1.82) is 0 Å². The topological polar surface area (TPSA) is 46.5 Å². The fraction of sp³-hybridized carbons (Fsp3) is 0.786.